The van der Waals surface area contributed by atoms with Gasteiger partial charge in [-0.2, -0.15) is 0 Å². The molecule has 0 aliphatic carbocycles. The van der Waals surface area contributed by atoms with Crippen LogP contribution in [0.5, 0.6) is 0 Å². The third kappa shape index (κ3) is 4.43. The van der Waals surface area contributed by atoms with E-state index in [9.17, 15) is 19.5 Å². The third-order valence-corrected chi connectivity index (χ3v) is 3.48. The Kier molecular flexibility index (Phi) is 6.80. The first-order valence-corrected chi connectivity index (χ1v) is 7.81. The SMILES string of the molecule is CC(C)C.CN[C@H]1CCC(=O)N2CCC[C@@H](C(=O)[O-])N2C1=O. The van der Waals surface area contributed by atoms with E-state index in [2.05, 4.69) is 26.1 Å². The maximum atomic E-state index is 12.2. The number of hydrogen-bond acceptors (Lipinski definition) is 5. The number of amides is 2. The summed E-state index contributed by atoms with van der Waals surface area (Å²) in [4.78, 5) is 35.3. The Morgan fingerprint density at radius 1 is 1.27 bits per heavy atom. The number of nitrogens with one attached hydrogen (secondary N) is 1. The van der Waals surface area contributed by atoms with Gasteiger partial charge < -0.3 is 15.2 Å². The normalized spacial score (nSPS) is 25.3. The van der Waals surface area contributed by atoms with Gasteiger partial charge in [-0.15, -0.1) is 0 Å². The Labute approximate surface area is 131 Å². The zero-order valence-electron chi connectivity index (χ0n) is 13.8. The van der Waals surface area contributed by atoms with Crippen molar-refractivity contribution in [2.24, 2.45) is 5.92 Å². The molecule has 0 aromatic rings. The van der Waals surface area contributed by atoms with Crippen LogP contribution in [0.3, 0.4) is 0 Å². The minimum Gasteiger partial charge on any atom is -0.548 e. The molecule has 0 saturated carbocycles. The van der Waals surface area contributed by atoms with Gasteiger partial charge in [-0.05, 0) is 32.2 Å². The summed E-state index contributed by atoms with van der Waals surface area (Å²) in [6.07, 6.45) is 1.53. The van der Waals surface area contributed by atoms with Crippen LogP contribution in [0.15, 0.2) is 0 Å². The highest BCUT2D eigenvalue weighted by Gasteiger charge is 2.41. The van der Waals surface area contributed by atoms with Crippen LogP contribution in [0, 0.1) is 5.92 Å². The molecule has 0 bridgehead atoms. The lowest BCUT2D eigenvalue weighted by molar-refractivity contribution is -0.315. The Morgan fingerprint density at radius 2 is 1.86 bits per heavy atom. The summed E-state index contributed by atoms with van der Waals surface area (Å²) in [5.41, 5.74) is 0. The van der Waals surface area contributed by atoms with Gasteiger partial charge in [0.2, 0.25) is 5.91 Å². The Hall–Kier alpha value is -1.63. The lowest BCUT2D eigenvalue weighted by atomic mass is 10.1. The number of carbonyl (C=O) groups is 3. The maximum absolute atomic E-state index is 12.2. The van der Waals surface area contributed by atoms with E-state index in [1.165, 1.54) is 5.01 Å². The van der Waals surface area contributed by atoms with Gasteiger partial charge in [0, 0.05) is 13.0 Å². The molecule has 7 heteroatoms. The molecule has 0 radical (unpaired) electrons. The summed E-state index contributed by atoms with van der Waals surface area (Å²) < 4.78 is 0. The number of hydrazine groups is 1. The summed E-state index contributed by atoms with van der Waals surface area (Å²) in [6, 6.07) is -1.55. The van der Waals surface area contributed by atoms with Gasteiger partial charge in [0.15, 0.2) is 0 Å². The molecule has 2 atom stereocenters. The third-order valence-electron chi connectivity index (χ3n) is 3.48. The van der Waals surface area contributed by atoms with Crippen LogP contribution < -0.4 is 10.4 Å². The first-order valence-electron chi connectivity index (χ1n) is 7.81. The molecular weight excluding hydrogens is 286 g/mol. The zero-order chi connectivity index (χ0) is 16.9. The van der Waals surface area contributed by atoms with Gasteiger partial charge in [0.1, 0.15) is 0 Å². The first kappa shape index (κ1) is 18.4. The minimum atomic E-state index is -1.31. The number of carboxylic acids is 1. The summed E-state index contributed by atoms with van der Waals surface area (Å²) in [5.74, 6) is -1.04. The molecular formula is C15H26N3O4-. The van der Waals surface area contributed by atoms with Crippen molar-refractivity contribution >= 4 is 17.8 Å². The standard InChI is InChI=1S/C11H17N3O4.C4H10/c1-12-7-4-5-9(15)13-6-2-3-8(11(17)18)14(13)10(7)16;1-4(2)3/h7-8,12H,2-6H2,1H3,(H,17,18);4H,1-3H3/p-1/t7-,8-;/m0./s1. The molecule has 7 nitrogen and oxygen atoms in total. The lowest BCUT2D eigenvalue weighted by Gasteiger charge is -2.44. The average Bonchev–Trinajstić information content (AvgIpc) is 2.56. The molecule has 0 spiro atoms. The van der Waals surface area contributed by atoms with Crippen molar-refractivity contribution < 1.29 is 19.5 Å². The molecule has 2 heterocycles. The number of nitrogens with zero attached hydrogens (tertiary/aromatic N) is 2. The van der Waals surface area contributed by atoms with Crippen LogP contribution in [0.4, 0.5) is 0 Å². The van der Waals surface area contributed by atoms with E-state index in [0.29, 0.717) is 25.8 Å². The highest BCUT2D eigenvalue weighted by Crippen LogP contribution is 2.24. The van der Waals surface area contributed by atoms with Crippen molar-refractivity contribution in [1.82, 2.24) is 15.3 Å². The van der Waals surface area contributed by atoms with Gasteiger partial charge >= 0.3 is 0 Å². The van der Waals surface area contributed by atoms with Gasteiger partial charge in [-0.3, -0.25) is 14.6 Å². The predicted octanol–water partition coefficient (Wildman–Crippen LogP) is -0.485. The van der Waals surface area contributed by atoms with E-state index in [0.717, 1.165) is 10.9 Å². The molecule has 2 rings (SSSR count). The highest BCUT2D eigenvalue weighted by molar-refractivity contribution is 5.91. The summed E-state index contributed by atoms with van der Waals surface area (Å²) in [5, 5.41) is 16.3. The second-order valence-electron chi connectivity index (χ2n) is 6.29. The Bertz CT molecular complexity index is 422. The fraction of sp³-hybridized carbons (Fsp3) is 0.800. The maximum Gasteiger partial charge on any atom is 0.258 e. The van der Waals surface area contributed by atoms with Crippen LogP contribution in [0.1, 0.15) is 46.5 Å². The fourth-order valence-corrected chi connectivity index (χ4v) is 2.52. The van der Waals surface area contributed by atoms with Gasteiger partial charge in [0.25, 0.3) is 5.91 Å². The van der Waals surface area contributed by atoms with Crippen molar-refractivity contribution in [1.29, 1.82) is 0 Å². The van der Waals surface area contributed by atoms with Gasteiger partial charge in [-0.1, -0.05) is 20.8 Å². The monoisotopic (exact) mass is 312 g/mol. The van der Waals surface area contributed by atoms with Crippen molar-refractivity contribution in [3.63, 3.8) is 0 Å². The lowest BCUT2D eigenvalue weighted by Crippen LogP contribution is -2.63. The number of hydrogen-bond donors (Lipinski definition) is 1. The van der Waals surface area contributed by atoms with Crippen molar-refractivity contribution in [2.45, 2.75) is 58.5 Å². The minimum absolute atomic E-state index is 0.202. The van der Waals surface area contributed by atoms with E-state index in [4.69, 9.17) is 0 Å². The number of fused-ring (bicyclic) bond motifs is 1. The smallest absolute Gasteiger partial charge is 0.258 e. The van der Waals surface area contributed by atoms with Gasteiger partial charge in [-0.25, -0.2) is 5.01 Å². The topological polar surface area (TPSA) is 92.8 Å². The molecule has 2 aliphatic heterocycles. The van der Waals surface area contributed by atoms with Crippen molar-refractivity contribution in [3.05, 3.63) is 0 Å². The highest BCUT2D eigenvalue weighted by atomic mass is 16.4. The van der Waals surface area contributed by atoms with Crippen LogP contribution in [0.25, 0.3) is 0 Å². The van der Waals surface area contributed by atoms with Crippen LogP contribution in [0.2, 0.25) is 0 Å². The summed E-state index contributed by atoms with van der Waals surface area (Å²) in [7, 11) is 1.63. The Morgan fingerprint density at radius 3 is 2.36 bits per heavy atom. The molecule has 2 saturated heterocycles. The number of rotatable bonds is 2. The van der Waals surface area contributed by atoms with E-state index >= 15 is 0 Å². The van der Waals surface area contributed by atoms with Crippen molar-refractivity contribution in [3.8, 4) is 0 Å². The van der Waals surface area contributed by atoms with Crippen LogP contribution >= 0.6 is 0 Å². The molecule has 2 aliphatic rings. The first-order chi connectivity index (χ1) is 10.3. The largest absolute Gasteiger partial charge is 0.548 e. The molecule has 0 unspecified atom stereocenters. The summed E-state index contributed by atoms with van der Waals surface area (Å²) in [6.45, 7) is 6.89. The molecule has 0 aromatic heterocycles. The van der Waals surface area contributed by atoms with E-state index in [-0.39, 0.29) is 18.2 Å². The molecule has 2 fully saturated rings. The zero-order valence-corrected chi connectivity index (χ0v) is 13.8. The molecule has 126 valence electrons. The van der Waals surface area contributed by atoms with Crippen LogP contribution in [-0.4, -0.2) is 53.5 Å². The average molecular weight is 312 g/mol. The predicted molar refractivity (Wildman–Crippen MR) is 79.2 cm³/mol. The van der Waals surface area contributed by atoms with E-state index in [1.54, 1.807) is 7.05 Å². The number of likely N-dealkylation sites (N-methyl/N-ethyl adjacent to an activating group) is 1. The van der Waals surface area contributed by atoms with E-state index in [1.807, 2.05) is 0 Å². The molecule has 22 heavy (non-hydrogen) atoms. The number of aliphatic carboxylic acids is 1. The fourth-order valence-electron chi connectivity index (χ4n) is 2.52. The molecule has 0 aromatic carbocycles. The second-order valence-corrected chi connectivity index (χ2v) is 6.29. The number of carboxylic acid groups (broad SMARTS) is 1. The molecule has 1 N–H and O–H groups in total. The summed E-state index contributed by atoms with van der Waals surface area (Å²) >= 11 is 0. The van der Waals surface area contributed by atoms with Gasteiger partial charge in [0.05, 0.1) is 18.1 Å². The number of carbonyl (C=O) groups excluding carboxylic acids is 3. The quantitative estimate of drug-likeness (QED) is 0.743. The Balaban J connectivity index is 0.000000541. The van der Waals surface area contributed by atoms with Crippen molar-refractivity contribution in [2.75, 3.05) is 13.6 Å². The molecule has 2 amide bonds. The second kappa shape index (κ2) is 8.12. The van der Waals surface area contributed by atoms with E-state index < -0.39 is 18.1 Å². The van der Waals surface area contributed by atoms with Crippen LogP contribution in [-0.2, 0) is 14.4 Å².